The Morgan fingerprint density at radius 1 is 0.267 bits per heavy atom. The summed E-state index contributed by atoms with van der Waals surface area (Å²) in [6, 6.07) is 0. The van der Waals surface area contributed by atoms with Gasteiger partial charge in [0.05, 0.1) is 26.4 Å². The van der Waals surface area contributed by atoms with E-state index in [4.69, 9.17) is 32.3 Å². The second kappa shape index (κ2) is 80.0. The van der Waals surface area contributed by atoms with Crippen molar-refractivity contribution in [2.45, 2.75) is 399 Å². The van der Waals surface area contributed by atoms with E-state index in [0.29, 0.717) is 19.3 Å². The molecule has 0 spiro atoms. The summed E-state index contributed by atoms with van der Waals surface area (Å²) in [5.74, 6) is -1.56. The zero-order valence-corrected chi connectivity index (χ0v) is 68.7. The maximum atomic E-state index is 12.9. The van der Waals surface area contributed by atoms with E-state index in [0.717, 1.165) is 116 Å². The van der Waals surface area contributed by atoms with E-state index in [1.54, 1.807) is 0 Å². The molecule has 0 aromatic rings. The molecule has 610 valence electrons. The maximum absolute atomic E-state index is 12.9. The maximum Gasteiger partial charge on any atom is 0.472 e. The molecule has 0 amide bonds. The fourth-order valence-corrected chi connectivity index (χ4v) is 13.4. The van der Waals surface area contributed by atoms with Crippen LogP contribution < -0.4 is 0 Å². The first-order valence-corrected chi connectivity index (χ1v) is 45.5. The molecule has 0 aliphatic carbocycles. The number of carbonyl (C=O) groups is 3. The fraction of sp³-hybridized carbons (Fsp3) is 0.782. The van der Waals surface area contributed by atoms with Crippen molar-refractivity contribution in [3.63, 3.8) is 0 Å². The minimum absolute atomic E-state index is 0.108. The summed E-state index contributed by atoms with van der Waals surface area (Å²) in [7, 11) is -9.78. The Kier molecular flexibility index (Phi) is 77.3. The average molecular weight is 1520 g/mol. The van der Waals surface area contributed by atoms with Crippen molar-refractivity contribution in [1.82, 2.24) is 0 Å². The van der Waals surface area contributed by atoms with Gasteiger partial charge in [-0.1, -0.05) is 349 Å². The first-order valence-electron chi connectivity index (χ1n) is 42.5. The Hall–Kier alpha value is -3.53. The van der Waals surface area contributed by atoms with Crippen molar-refractivity contribution < 1.29 is 75.8 Å². The molecule has 0 fully saturated rings. The van der Waals surface area contributed by atoms with E-state index in [1.165, 1.54) is 205 Å². The molecule has 0 saturated heterocycles. The summed E-state index contributed by atoms with van der Waals surface area (Å²) >= 11 is 0. The van der Waals surface area contributed by atoms with Gasteiger partial charge in [-0.2, -0.15) is 0 Å². The van der Waals surface area contributed by atoms with Gasteiger partial charge in [0, 0.05) is 19.3 Å². The number of rotatable bonds is 81. The number of aliphatic hydroxyl groups is 2. The van der Waals surface area contributed by atoms with Gasteiger partial charge in [0.2, 0.25) is 0 Å². The smallest absolute Gasteiger partial charge is 0.463 e. The first-order chi connectivity index (χ1) is 51.2. The number of carbonyl (C=O) groups excluding carboxylic acids is 3. The van der Waals surface area contributed by atoms with E-state index < -0.39 is 91.5 Å². The van der Waals surface area contributed by atoms with E-state index >= 15 is 0 Å². The van der Waals surface area contributed by atoms with Crippen molar-refractivity contribution in [3.05, 3.63) is 97.2 Å². The van der Waals surface area contributed by atoms with Crippen LogP contribution in [0.2, 0.25) is 0 Å². The molecular formula is C87H156O16P2. The molecule has 0 aliphatic rings. The van der Waals surface area contributed by atoms with Crippen molar-refractivity contribution in [2.24, 2.45) is 0 Å². The van der Waals surface area contributed by atoms with Gasteiger partial charge in [-0.05, 0) is 109 Å². The molecule has 105 heavy (non-hydrogen) atoms. The SMILES string of the molecule is CCCCC/C=C\C/C=C\C/C=C\C/C=C\CCCCCCCCCCCCCCCCCC(=O)OCC(O)COP(=O)(O)OCC(O)COP(=O)(O)OCC(COC(=O)CCCCCCCCCCCCC/C=C\C/C=C\C/C=C\C/C=C\CCCCC)OC(=O)CCCCCCCCCCCCC. The zero-order chi connectivity index (χ0) is 76.6. The summed E-state index contributed by atoms with van der Waals surface area (Å²) in [6.07, 6.45) is 93.3. The van der Waals surface area contributed by atoms with Crippen LogP contribution in [0, 0.1) is 0 Å². The lowest BCUT2D eigenvalue weighted by molar-refractivity contribution is -0.161. The van der Waals surface area contributed by atoms with Crippen LogP contribution in [0.25, 0.3) is 0 Å². The van der Waals surface area contributed by atoms with Crippen LogP contribution in [0.5, 0.6) is 0 Å². The highest BCUT2D eigenvalue weighted by atomic mass is 31.2. The molecule has 0 bridgehead atoms. The van der Waals surface area contributed by atoms with Crippen LogP contribution in [0.15, 0.2) is 97.2 Å². The third kappa shape index (κ3) is 81.3. The van der Waals surface area contributed by atoms with Crippen LogP contribution in [0.1, 0.15) is 380 Å². The number of unbranched alkanes of at least 4 members (excludes halogenated alkanes) is 42. The number of hydrogen-bond donors (Lipinski definition) is 4. The summed E-state index contributed by atoms with van der Waals surface area (Å²) < 4.78 is 61.2. The normalized spacial score (nSPS) is 14.4. The summed E-state index contributed by atoms with van der Waals surface area (Å²) in [5.41, 5.74) is 0. The quantitative estimate of drug-likeness (QED) is 0.0146. The molecule has 16 nitrogen and oxygen atoms in total. The Labute approximate surface area is 641 Å². The Morgan fingerprint density at radius 2 is 0.476 bits per heavy atom. The molecule has 5 unspecified atom stereocenters. The van der Waals surface area contributed by atoms with E-state index in [9.17, 15) is 43.5 Å². The van der Waals surface area contributed by atoms with E-state index in [1.807, 2.05) is 0 Å². The number of ether oxygens (including phenoxy) is 3. The van der Waals surface area contributed by atoms with Gasteiger partial charge < -0.3 is 34.2 Å². The van der Waals surface area contributed by atoms with Gasteiger partial charge in [0.15, 0.2) is 6.10 Å². The van der Waals surface area contributed by atoms with Gasteiger partial charge in [0.1, 0.15) is 25.4 Å². The highest BCUT2D eigenvalue weighted by Gasteiger charge is 2.29. The topological polar surface area (TPSA) is 231 Å². The highest BCUT2D eigenvalue weighted by Crippen LogP contribution is 2.45. The largest absolute Gasteiger partial charge is 0.472 e. The second-order valence-electron chi connectivity index (χ2n) is 28.6. The molecule has 0 saturated carbocycles. The molecule has 0 heterocycles. The summed E-state index contributed by atoms with van der Waals surface area (Å²) in [4.78, 5) is 58.7. The molecule has 4 N–H and O–H groups in total. The van der Waals surface area contributed by atoms with Crippen molar-refractivity contribution in [3.8, 4) is 0 Å². The Bertz CT molecular complexity index is 2300. The van der Waals surface area contributed by atoms with Crippen molar-refractivity contribution in [2.75, 3.05) is 39.6 Å². The second-order valence-corrected chi connectivity index (χ2v) is 31.5. The third-order valence-corrected chi connectivity index (χ3v) is 20.2. The van der Waals surface area contributed by atoms with Gasteiger partial charge in [-0.15, -0.1) is 0 Å². The summed E-state index contributed by atoms with van der Waals surface area (Å²) in [5, 5.41) is 20.6. The Morgan fingerprint density at radius 3 is 0.771 bits per heavy atom. The standard InChI is InChI=1S/C87H156O16P2/c1-4-7-10-13-16-19-22-24-26-28-30-32-34-36-38-39-40-41-43-45-46-48-50-52-54-56-59-61-64-67-70-73-85(90)97-76-82(88)77-99-104(93,94)100-78-83(89)79-101-105(95,96)102-81-84(103-87(92)75-72-69-66-63-58-21-18-15-12-9-6-3)80-98-86(91)74-71-68-65-62-60-57-55-53-51-49-47-44-42-37-35-33-31-29-27-25-23-20-17-14-11-8-5-2/h16-17,19-20,24-27,30-33,36-38,42,82-84,88-89H,4-15,18,21-23,28-29,34-35,39-41,43-81H2,1-3H3,(H,93,94)(H,95,96)/b19-16-,20-17-,26-24-,27-25-,32-30-,33-31-,38-36-,42-37-. The number of phosphoric acid groups is 2. The molecule has 0 aliphatic heterocycles. The Balaban J connectivity index is 4.38. The minimum atomic E-state index is -4.93. The number of allylic oxidation sites excluding steroid dienone is 16. The van der Waals surface area contributed by atoms with Crippen LogP contribution >= 0.6 is 15.6 Å². The van der Waals surface area contributed by atoms with Crippen LogP contribution in [-0.2, 0) is 55.8 Å². The van der Waals surface area contributed by atoms with E-state index in [2.05, 4.69) is 118 Å². The molecule has 0 aromatic heterocycles. The number of phosphoric ester groups is 2. The monoisotopic (exact) mass is 1520 g/mol. The van der Waals surface area contributed by atoms with Gasteiger partial charge in [-0.3, -0.25) is 32.5 Å². The van der Waals surface area contributed by atoms with E-state index in [-0.39, 0.29) is 19.3 Å². The van der Waals surface area contributed by atoms with Gasteiger partial charge >= 0.3 is 33.6 Å². The molecule has 0 aromatic carbocycles. The average Bonchev–Trinajstić information content (AvgIpc) is 0.918. The minimum Gasteiger partial charge on any atom is -0.463 e. The highest BCUT2D eigenvalue weighted by molar-refractivity contribution is 7.47. The van der Waals surface area contributed by atoms with Crippen LogP contribution in [0.4, 0.5) is 0 Å². The number of hydrogen-bond acceptors (Lipinski definition) is 14. The lowest BCUT2D eigenvalue weighted by Crippen LogP contribution is -2.30. The summed E-state index contributed by atoms with van der Waals surface area (Å²) in [6.45, 7) is 2.66. The van der Waals surface area contributed by atoms with Crippen molar-refractivity contribution >= 4 is 33.6 Å². The predicted octanol–water partition coefficient (Wildman–Crippen LogP) is 25.3. The van der Waals surface area contributed by atoms with Gasteiger partial charge in [-0.25, -0.2) is 9.13 Å². The number of esters is 3. The molecule has 0 radical (unpaired) electrons. The molecule has 0 rings (SSSR count). The lowest BCUT2D eigenvalue weighted by atomic mass is 10.0. The predicted molar refractivity (Wildman–Crippen MR) is 436 cm³/mol. The molecular weight excluding hydrogens is 1360 g/mol. The molecule has 5 atom stereocenters. The first kappa shape index (κ1) is 101. The van der Waals surface area contributed by atoms with Crippen LogP contribution in [0.3, 0.4) is 0 Å². The van der Waals surface area contributed by atoms with Crippen LogP contribution in [-0.4, -0.2) is 95.9 Å². The zero-order valence-electron chi connectivity index (χ0n) is 66.9. The fourth-order valence-electron chi connectivity index (χ4n) is 11.8. The van der Waals surface area contributed by atoms with Crippen molar-refractivity contribution in [1.29, 1.82) is 0 Å². The van der Waals surface area contributed by atoms with Gasteiger partial charge in [0.25, 0.3) is 0 Å². The number of aliphatic hydroxyl groups excluding tert-OH is 2. The molecule has 18 heteroatoms. The lowest BCUT2D eigenvalue weighted by Gasteiger charge is -2.21. The third-order valence-electron chi connectivity index (χ3n) is 18.3.